The van der Waals surface area contributed by atoms with Gasteiger partial charge in [-0.25, -0.2) is 4.98 Å². The van der Waals surface area contributed by atoms with Gasteiger partial charge in [0.05, 0.1) is 32.2 Å². The minimum Gasteiger partial charge on any atom is -0.497 e. The van der Waals surface area contributed by atoms with Crippen molar-refractivity contribution in [2.24, 2.45) is 0 Å². The monoisotopic (exact) mass is 461 g/mol. The van der Waals surface area contributed by atoms with Crippen LogP contribution in [0.1, 0.15) is 25.8 Å². The van der Waals surface area contributed by atoms with Gasteiger partial charge in [-0.1, -0.05) is 0 Å². The predicted octanol–water partition coefficient (Wildman–Crippen LogP) is 5.58. The smallest absolute Gasteiger partial charge is 0.213 e. The van der Waals surface area contributed by atoms with Gasteiger partial charge in [0.2, 0.25) is 5.88 Å². The van der Waals surface area contributed by atoms with Crippen molar-refractivity contribution in [3.05, 3.63) is 60.2 Å². The van der Waals surface area contributed by atoms with E-state index in [1.54, 1.807) is 14.2 Å². The second kappa shape index (κ2) is 10.7. The van der Waals surface area contributed by atoms with E-state index in [4.69, 9.17) is 19.2 Å². The van der Waals surface area contributed by atoms with E-state index in [-0.39, 0.29) is 0 Å². The lowest BCUT2D eigenvalue weighted by Crippen LogP contribution is -2.34. The molecule has 0 N–H and O–H groups in total. The third kappa shape index (κ3) is 5.06. The number of nitrogens with zero attached hydrogens (tertiary/aromatic N) is 3. The van der Waals surface area contributed by atoms with Crippen molar-refractivity contribution in [2.75, 3.05) is 50.3 Å². The highest BCUT2D eigenvalue weighted by Gasteiger charge is 2.24. The van der Waals surface area contributed by atoms with Crippen LogP contribution in [0.15, 0.2) is 54.6 Å². The Bertz CT molecular complexity index is 1100. The molecule has 1 atom stereocenters. The van der Waals surface area contributed by atoms with E-state index >= 15 is 0 Å². The van der Waals surface area contributed by atoms with Crippen LogP contribution in [0.5, 0.6) is 17.4 Å². The van der Waals surface area contributed by atoms with Crippen LogP contribution in [0.4, 0.5) is 11.4 Å². The summed E-state index contributed by atoms with van der Waals surface area (Å²) in [6.07, 6.45) is 1.06. The Morgan fingerprint density at radius 2 is 1.74 bits per heavy atom. The van der Waals surface area contributed by atoms with Gasteiger partial charge in [-0.15, -0.1) is 0 Å². The number of pyridine rings is 1. The average Bonchev–Trinajstić information content (AvgIpc) is 3.06. The summed E-state index contributed by atoms with van der Waals surface area (Å²) in [5.41, 5.74) is 5.47. The van der Waals surface area contributed by atoms with Crippen molar-refractivity contribution < 1.29 is 14.2 Å². The van der Waals surface area contributed by atoms with E-state index in [0.29, 0.717) is 18.5 Å². The molecule has 1 aliphatic rings. The summed E-state index contributed by atoms with van der Waals surface area (Å²) < 4.78 is 16.6. The van der Waals surface area contributed by atoms with E-state index < -0.39 is 0 Å². The highest BCUT2D eigenvalue weighted by molar-refractivity contribution is 5.77. The zero-order valence-electron chi connectivity index (χ0n) is 20.9. The molecular weight excluding hydrogens is 426 g/mol. The van der Waals surface area contributed by atoms with Crippen LogP contribution >= 0.6 is 0 Å². The quantitative estimate of drug-likeness (QED) is 0.458. The molecule has 1 aromatic heterocycles. The molecule has 0 radical (unpaired) electrons. The maximum Gasteiger partial charge on any atom is 0.213 e. The summed E-state index contributed by atoms with van der Waals surface area (Å²) in [5.74, 6) is 2.41. The van der Waals surface area contributed by atoms with Gasteiger partial charge in [-0.3, -0.25) is 0 Å². The van der Waals surface area contributed by atoms with Gasteiger partial charge in [-0.05, 0) is 81.3 Å². The zero-order valence-corrected chi connectivity index (χ0v) is 20.9. The molecule has 0 saturated carbocycles. The molecule has 3 aromatic rings. The topological polar surface area (TPSA) is 47.1 Å². The summed E-state index contributed by atoms with van der Waals surface area (Å²) in [4.78, 5) is 9.80. The number of anilines is 2. The molecule has 4 rings (SSSR count). The van der Waals surface area contributed by atoms with E-state index in [9.17, 15) is 0 Å². The third-order valence-corrected chi connectivity index (χ3v) is 6.51. The Labute approximate surface area is 203 Å². The third-order valence-electron chi connectivity index (χ3n) is 6.51. The molecule has 6 nitrogen and oxygen atoms in total. The first-order chi connectivity index (χ1) is 16.5. The molecule has 0 aliphatic carbocycles. The molecule has 1 unspecified atom stereocenters. The van der Waals surface area contributed by atoms with Gasteiger partial charge < -0.3 is 24.0 Å². The van der Waals surface area contributed by atoms with Crippen molar-refractivity contribution >= 4 is 11.4 Å². The molecular formula is C28H35N3O3. The van der Waals surface area contributed by atoms with Crippen LogP contribution in [-0.4, -0.2) is 51.5 Å². The molecule has 0 spiro atoms. The van der Waals surface area contributed by atoms with Crippen LogP contribution in [0.2, 0.25) is 0 Å². The molecule has 2 aromatic carbocycles. The van der Waals surface area contributed by atoms with Crippen molar-refractivity contribution in [3.8, 4) is 28.6 Å². The number of benzene rings is 2. The molecule has 1 saturated heterocycles. The van der Waals surface area contributed by atoms with Crippen LogP contribution < -0.4 is 24.0 Å². The number of hydrogen-bond acceptors (Lipinski definition) is 6. The minimum atomic E-state index is 0.431. The van der Waals surface area contributed by atoms with Gasteiger partial charge in [0, 0.05) is 43.0 Å². The fraction of sp³-hybridized carbons (Fsp3) is 0.393. The summed E-state index contributed by atoms with van der Waals surface area (Å²) in [7, 11) is 3.36. The van der Waals surface area contributed by atoms with Crippen LogP contribution in [0.3, 0.4) is 0 Å². The standard InChI is InChI=1S/C28H35N3O3/c1-6-34-26-13-7-22(19-20(26)2)28-25(12-14-27(29-28)33-5)30-16-15-21(3)31(18-17-30)23-8-10-24(32-4)11-9-23/h7-14,19,21H,6,15-18H2,1-5H3. The SMILES string of the molecule is CCOc1ccc(-c2nc(OC)ccc2N2CCC(C)N(c3ccc(OC)cc3)CC2)cc1C. The first-order valence-electron chi connectivity index (χ1n) is 12.0. The van der Waals surface area contributed by atoms with Gasteiger partial charge >= 0.3 is 0 Å². The van der Waals surface area contributed by atoms with Gasteiger partial charge in [0.25, 0.3) is 0 Å². The number of aryl methyl sites for hydroxylation is 1. The minimum absolute atomic E-state index is 0.431. The first kappa shape index (κ1) is 23.7. The molecule has 0 bridgehead atoms. The largest absolute Gasteiger partial charge is 0.497 e. The highest BCUT2D eigenvalue weighted by atomic mass is 16.5. The molecule has 6 heteroatoms. The molecule has 1 fully saturated rings. The second-order valence-electron chi connectivity index (χ2n) is 8.65. The fourth-order valence-electron chi connectivity index (χ4n) is 4.59. The lowest BCUT2D eigenvalue weighted by molar-refractivity contribution is 0.338. The average molecular weight is 462 g/mol. The maximum atomic E-state index is 5.75. The Morgan fingerprint density at radius 3 is 2.41 bits per heavy atom. The predicted molar refractivity (Wildman–Crippen MR) is 139 cm³/mol. The van der Waals surface area contributed by atoms with Crippen LogP contribution in [0.25, 0.3) is 11.3 Å². The normalized spacial score (nSPS) is 16.2. The van der Waals surface area contributed by atoms with Crippen LogP contribution in [-0.2, 0) is 0 Å². The van der Waals surface area contributed by atoms with Crippen LogP contribution in [0, 0.1) is 6.92 Å². The van der Waals surface area contributed by atoms with Gasteiger partial charge in [-0.2, -0.15) is 0 Å². The lowest BCUT2D eigenvalue weighted by atomic mass is 10.0. The Kier molecular flexibility index (Phi) is 7.46. The number of methoxy groups -OCH3 is 2. The maximum absolute atomic E-state index is 5.75. The van der Waals surface area contributed by atoms with Gasteiger partial charge in [0.15, 0.2) is 0 Å². The lowest BCUT2D eigenvalue weighted by Gasteiger charge is -2.29. The number of ether oxygens (including phenoxy) is 3. The summed E-state index contributed by atoms with van der Waals surface area (Å²) in [5, 5.41) is 0. The van der Waals surface area contributed by atoms with Crippen molar-refractivity contribution in [1.29, 1.82) is 0 Å². The Balaban J connectivity index is 1.63. The van der Waals surface area contributed by atoms with E-state index in [0.717, 1.165) is 60.1 Å². The second-order valence-corrected chi connectivity index (χ2v) is 8.65. The highest BCUT2D eigenvalue weighted by Crippen LogP contribution is 2.35. The van der Waals surface area contributed by atoms with Crippen molar-refractivity contribution in [1.82, 2.24) is 4.98 Å². The summed E-state index contributed by atoms with van der Waals surface area (Å²) in [6, 6.07) is 19.2. The molecule has 34 heavy (non-hydrogen) atoms. The van der Waals surface area contributed by atoms with Crippen molar-refractivity contribution in [2.45, 2.75) is 33.2 Å². The summed E-state index contributed by atoms with van der Waals surface area (Å²) >= 11 is 0. The van der Waals surface area contributed by atoms with Gasteiger partial charge in [0.1, 0.15) is 11.5 Å². The molecule has 0 amide bonds. The Morgan fingerprint density at radius 1 is 0.941 bits per heavy atom. The van der Waals surface area contributed by atoms with Crippen molar-refractivity contribution in [3.63, 3.8) is 0 Å². The molecule has 2 heterocycles. The van der Waals surface area contributed by atoms with E-state index in [1.165, 1.54) is 5.69 Å². The zero-order chi connectivity index (χ0) is 24.1. The summed E-state index contributed by atoms with van der Waals surface area (Å²) in [6.45, 7) is 9.84. The van der Waals surface area contributed by atoms with E-state index in [2.05, 4.69) is 54.0 Å². The number of aromatic nitrogens is 1. The number of hydrogen-bond donors (Lipinski definition) is 0. The van der Waals surface area contributed by atoms with E-state index in [1.807, 2.05) is 31.2 Å². The number of rotatable bonds is 7. The fourth-order valence-corrected chi connectivity index (χ4v) is 4.59. The Hall–Kier alpha value is -3.41. The molecule has 180 valence electrons. The molecule has 1 aliphatic heterocycles. The first-order valence-corrected chi connectivity index (χ1v) is 12.0.